The number of fused-ring (bicyclic) bond motifs is 1. The van der Waals surface area contributed by atoms with Gasteiger partial charge in [-0.1, -0.05) is 12.1 Å². The van der Waals surface area contributed by atoms with Crippen LogP contribution >= 0.6 is 0 Å². The van der Waals surface area contributed by atoms with Crippen LogP contribution in [0.15, 0.2) is 41.3 Å². The summed E-state index contributed by atoms with van der Waals surface area (Å²) in [4.78, 5) is 28.6. The highest BCUT2D eigenvalue weighted by atomic mass is 32.2. The number of aryl methyl sites for hydroxylation is 2. The van der Waals surface area contributed by atoms with Crippen molar-refractivity contribution in [3.05, 3.63) is 47.5 Å². The molecule has 0 bridgehead atoms. The third-order valence-corrected chi connectivity index (χ3v) is 8.22. The molecule has 2 amide bonds. The molecule has 2 aliphatic heterocycles. The number of benzene rings is 2. The fraction of sp³-hybridized carbons (Fsp3) is 0.417. The molecule has 182 valence electrons. The molecule has 1 atom stereocenters. The molecule has 0 aromatic heterocycles. The first-order valence-electron chi connectivity index (χ1n) is 11.2. The Bertz CT molecular complexity index is 1230. The predicted octanol–water partition coefficient (Wildman–Crippen LogP) is 1.99. The number of carbonyl (C=O) groups excluding carboxylic acids is 2. The maximum atomic E-state index is 13.3. The number of nitrogens with one attached hydrogen (secondary N) is 1. The molecule has 2 aromatic rings. The predicted molar refractivity (Wildman–Crippen MR) is 130 cm³/mol. The highest BCUT2D eigenvalue weighted by molar-refractivity contribution is 7.89. The average Bonchev–Trinajstić information content (AvgIpc) is 2.78. The molecule has 2 aromatic carbocycles. The van der Waals surface area contributed by atoms with Crippen LogP contribution in [0.4, 0.5) is 11.4 Å². The fourth-order valence-electron chi connectivity index (χ4n) is 4.41. The lowest BCUT2D eigenvalue weighted by Crippen LogP contribution is -2.55. The van der Waals surface area contributed by atoms with Gasteiger partial charge in [0.2, 0.25) is 15.9 Å². The van der Waals surface area contributed by atoms with E-state index in [0.29, 0.717) is 36.6 Å². The van der Waals surface area contributed by atoms with Crippen molar-refractivity contribution in [2.24, 2.45) is 0 Å². The van der Waals surface area contributed by atoms with Gasteiger partial charge in [-0.15, -0.1) is 0 Å². The molecule has 2 aliphatic rings. The zero-order valence-electron chi connectivity index (χ0n) is 19.9. The molecule has 10 heteroatoms. The molecule has 1 N–H and O–H groups in total. The second-order valence-electron chi connectivity index (χ2n) is 8.93. The van der Waals surface area contributed by atoms with Crippen molar-refractivity contribution in [2.75, 3.05) is 50.1 Å². The summed E-state index contributed by atoms with van der Waals surface area (Å²) in [5, 5.41) is 2.67. The molecule has 34 heavy (non-hydrogen) atoms. The Morgan fingerprint density at radius 2 is 1.97 bits per heavy atom. The number of piperazine rings is 1. The third kappa shape index (κ3) is 4.74. The Labute approximate surface area is 200 Å². The summed E-state index contributed by atoms with van der Waals surface area (Å²) in [6.07, 6.45) is 0. The Morgan fingerprint density at radius 3 is 2.68 bits per heavy atom. The Balaban J connectivity index is 1.44. The molecule has 0 unspecified atom stereocenters. The molecule has 0 aliphatic carbocycles. The largest absolute Gasteiger partial charge is 0.482 e. The van der Waals surface area contributed by atoms with Crippen LogP contribution in [0.1, 0.15) is 18.1 Å². The summed E-state index contributed by atoms with van der Waals surface area (Å²) < 4.78 is 33.0. The van der Waals surface area contributed by atoms with Crippen molar-refractivity contribution < 1.29 is 22.7 Å². The highest BCUT2D eigenvalue weighted by Crippen LogP contribution is 2.34. The van der Waals surface area contributed by atoms with Gasteiger partial charge in [0.05, 0.1) is 17.1 Å². The summed E-state index contributed by atoms with van der Waals surface area (Å²) in [7, 11) is -2.54. The quantitative estimate of drug-likeness (QED) is 0.694. The number of sulfonamides is 1. The van der Waals surface area contributed by atoms with Gasteiger partial charge in [-0.3, -0.25) is 9.59 Å². The minimum absolute atomic E-state index is 0.0512. The van der Waals surface area contributed by atoms with Gasteiger partial charge in [0.25, 0.3) is 5.91 Å². The number of rotatable bonds is 5. The lowest BCUT2D eigenvalue weighted by molar-refractivity contribution is -0.132. The molecule has 1 fully saturated rings. The van der Waals surface area contributed by atoms with Crippen LogP contribution in [0.2, 0.25) is 0 Å². The lowest BCUT2D eigenvalue weighted by atomic mass is 10.1. The van der Waals surface area contributed by atoms with E-state index in [4.69, 9.17) is 4.74 Å². The second-order valence-corrected chi connectivity index (χ2v) is 10.9. The van der Waals surface area contributed by atoms with Crippen molar-refractivity contribution in [1.29, 1.82) is 0 Å². The molecule has 2 heterocycles. The van der Waals surface area contributed by atoms with E-state index in [1.165, 1.54) is 18.7 Å². The second kappa shape index (κ2) is 9.27. The normalized spacial score (nSPS) is 18.4. The van der Waals surface area contributed by atoms with Crippen LogP contribution in [-0.2, 0) is 19.6 Å². The number of nitrogens with zero attached hydrogens (tertiary/aromatic N) is 3. The van der Waals surface area contributed by atoms with Gasteiger partial charge < -0.3 is 19.9 Å². The Hall–Kier alpha value is -3.11. The highest BCUT2D eigenvalue weighted by Gasteiger charge is 2.31. The van der Waals surface area contributed by atoms with Gasteiger partial charge in [-0.05, 0) is 50.1 Å². The van der Waals surface area contributed by atoms with E-state index in [1.807, 2.05) is 6.07 Å². The lowest BCUT2D eigenvalue weighted by Gasteiger charge is -2.41. The number of likely N-dealkylation sites (N-methyl/N-ethyl adjacent to an activating group) is 1. The number of ether oxygens (including phenoxy) is 1. The molecule has 0 spiro atoms. The standard InChI is InChI=1S/C24H30N4O5S/c1-16-6-5-7-19(10-16)28-9-8-27(13-18(28)3)24(30)14-26(4)34(31,32)22-12-21-20(11-17(22)2)25-23(29)15-33-21/h5-7,10-12,18H,8-9,13-15H2,1-4H3,(H,25,29)/t18-/m1/s1. The molecule has 4 rings (SSSR count). The van der Waals surface area contributed by atoms with E-state index in [9.17, 15) is 18.0 Å². The topological polar surface area (TPSA) is 99.3 Å². The monoisotopic (exact) mass is 486 g/mol. The number of hydrogen-bond donors (Lipinski definition) is 1. The van der Waals surface area contributed by atoms with E-state index in [-0.39, 0.29) is 35.9 Å². The molecule has 0 saturated carbocycles. The smallest absolute Gasteiger partial charge is 0.262 e. The van der Waals surface area contributed by atoms with Crippen LogP contribution in [0.25, 0.3) is 0 Å². The number of amides is 2. The van der Waals surface area contributed by atoms with Gasteiger partial charge in [0, 0.05) is 44.5 Å². The van der Waals surface area contributed by atoms with E-state index in [1.54, 1.807) is 17.9 Å². The third-order valence-electron chi connectivity index (χ3n) is 6.27. The average molecular weight is 487 g/mol. The molecular formula is C24H30N4O5S. The number of anilines is 2. The van der Waals surface area contributed by atoms with E-state index in [0.717, 1.165) is 9.99 Å². The van der Waals surface area contributed by atoms with Gasteiger partial charge in [0.1, 0.15) is 5.75 Å². The van der Waals surface area contributed by atoms with Crippen molar-refractivity contribution in [2.45, 2.75) is 31.7 Å². The van der Waals surface area contributed by atoms with Crippen LogP contribution in [-0.4, -0.2) is 75.3 Å². The van der Waals surface area contributed by atoms with Gasteiger partial charge >= 0.3 is 0 Å². The number of hydrogen-bond acceptors (Lipinski definition) is 6. The van der Waals surface area contributed by atoms with Gasteiger partial charge in [-0.2, -0.15) is 4.31 Å². The van der Waals surface area contributed by atoms with Crippen LogP contribution in [0, 0.1) is 13.8 Å². The first-order valence-corrected chi connectivity index (χ1v) is 12.6. The Kier molecular flexibility index (Phi) is 6.55. The zero-order chi connectivity index (χ0) is 24.6. The van der Waals surface area contributed by atoms with Crippen molar-refractivity contribution in [3.63, 3.8) is 0 Å². The fourth-order valence-corrected chi connectivity index (χ4v) is 5.75. The summed E-state index contributed by atoms with van der Waals surface area (Å²) in [6.45, 7) is 7.07. The first kappa shape index (κ1) is 24.0. The summed E-state index contributed by atoms with van der Waals surface area (Å²) in [5.74, 6) is -0.229. The minimum Gasteiger partial charge on any atom is -0.482 e. The first-order chi connectivity index (χ1) is 16.1. The van der Waals surface area contributed by atoms with Gasteiger partial charge in [-0.25, -0.2) is 8.42 Å². The van der Waals surface area contributed by atoms with Crippen molar-refractivity contribution in [1.82, 2.24) is 9.21 Å². The number of carbonyl (C=O) groups is 2. The molecule has 0 radical (unpaired) electrons. The van der Waals surface area contributed by atoms with Crippen LogP contribution < -0.4 is 15.0 Å². The zero-order valence-corrected chi connectivity index (χ0v) is 20.7. The minimum atomic E-state index is -3.94. The van der Waals surface area contributed by atoms with Crippen LogP contribution in [0.3, 0.4) is 0 Å². The van der Waals surface area contributed by atoms with E-state index < -0.39 is 10.0 Å². The molecule has 9 nitrogen and oxygen atoms in total. The van der Waals surface area contributed by atoms with E-state index >= 15 is 0 Å². The maximum absolute atomic E-state index is 13.3. The summed E-state index contributed by atoms with van der Waals surface area (Å²) in [6, 6.07) is 11.4. The molecule has 1 saturated heterocycles. The van der Waals surface area contributed by atoms with Crippen molar-refractivity contribution >= 4 is 33.2 Å². The van der Waals surface area contributed by atoms with Crippen molar-refractivity contribution in [3.8, 4) is 5.75 Å². The maximum Gasteiger partial charge on any atom is 0.262 e. The summed E-state index contributed by atoms with van der Waals surface area (Å²) >= 11 is 0. The van der Waals surface area contributed by atoms with Crippen LogP contribution in [0.5, 0.6) is 5.75 Å². The SMILES string of the molecule is Cc1cccc(N2CCN(C(=O)CN(C)S(=O)(=O)c3cc4c(cc3C)NC(=O)CO4)C[C@H]2C)c1. The van der Waals surface area contributed by atoms with E-state index in [2.05, 4.69) is 42.3 Å². The Morgan fingerprint density at radius 1 is 1.21 bits per heavy atom. The van der Waals surface area contributed by atoms with Gasteiger partial charge in [0.15, 0.2) is 6.61 Å². The molecular weight excluding hydrogens is 456 g/mol. The summed E-state index contributed by atoms with van der Waals surface area (Å²) in [5.41, 5.74) is 3.21.